The molecule has 0 radical (unpaired) electrons. The molecule has 0 unspecified atom stereocenters. The van der Waals surface area contributed by atoms with Gasteiger partial charge in [0, 0.05) is 0 Å². The van der Waals surface area contributed by atoms with E-state index in [0.29, 0.717) is 0 Å². The zero-order chi connectivity index (χ0) is 15.3. The topological polar surface area (TPSA) is 85.3 Å². The highest BCUT2D eigenvalue weighted by Crippen LogP contribution is 2.37. The Labute approximate surface area is 117 Å². The zero-order valence-electron chi connectivity index (χ0n) is 12.4. The number of carbonyl (C=O) groups is 2. The molecule has 20 heavy (non-hydrogen) atoms. The summed E-state index contributed by atoms with van der Waals surface area (Å²) in [5.74, 6) is -1.95. The smallest absolute Gasteiger partial charge is 0.411 e. The summed E-state index contributed by atoms with van der Waals surface area (Å²) >= 11 is 0. The monoisotopic (exact) mass is 287 g/mol. The Kier molecular flexibility index (Phi) is 3.46. The van der Waals surface area contributed by atoms with Crippen molar-refractivity contribution in [1.82, 2.24) is 4.90 Å². The van der Waals surface area contributed by atoms with Gasteiger partial charge in [0.05, 0.1) is 6.54 Å². The molecule has 7 nitrogen and oxygen atoms in total. The molecule has 3 atom stereocenters. The molecule has 0 saturated carbocycles. The minimum absolute atomic E-state index is 0.153. The number of amides is 1. The average molecular weight is 287 g/mol. The van der Waals surface area contributed by atoms with E-state index in [2.05, 4.69) is 0 Å². The van der Waals surface area contributed by atoms with Crippen LogP contribution in [0.4, 0.5) is 4.79 Å². The molecule has 114 valence electrons. The first-order valence-electron chi connectivity index (χ1n) is 6.58. The first-order chi connectivity index (χ1) is 9.00. The fourth-order valence-corrected chi connectivity index (χ4v) is 2.54. The second kappa shape index (κ2) is 4.60. The van der Waals surface area contributed by atoms with Crippen LogP contribution in [-0.4, -0.2) is 58.3 Å². The molecule has 0 aromatic heterocycles. The van der Waals surface area contributed by atoms with Crippen LogP contribution in [0.15, 0.2) is 0 Å². The van der Waals surface area contributed by atoms with Crippen molar-refractivity contribution in [1.29, 1.82) is 0 Å². The number of nitrogens with zero attached hydrogens (tertiary/aromatic N) is 1. The molecule has 2 aliphatic heterocycles. The molecular weight excluding hydrogens is 266 g/mol. The quantitative estimate of drug-likeness (QED) is 0.780. The van der Waals surface area contributed by atoms with E-state index in [0.717, 1.165) is 4.90 Å². The van der Waals surface area contributed by atoms with Gasteiger partial charge in [0.2, 0.25) is 0 Å². The lowest BCUT2D eigenvalue weighted by Crippen LogP contribution is -2.48. The Morgan fingerprint density at radius 1 is 1.30 bits per heavy atom. The van der Waals surface area contributed by atoms with Gasteiger partial charge in [-0.2, -0.15) is 0 Å². The molecule has 2 aliphatic rings. The van der Waals surface area contributed by atoms with Gasteiger partial charge in [0.15, 0.2) is 11.8 Å². The molecule has 2 heterocycles. The molecule has 0 aliphatic carbocycles. The van der Waals surface area contributed by atoms with Crippen LogP contribution in [-0.2, 0) is 19.0 Å². The fraction of sp³-hybridized carbons (Fsp3) is 0.846. The molecule has 0 aromatic rings. The van der Waals surface area contributed by atoms with Gasteiger partial charge in [0.25, 0.3) is 0 Å². The van der Waals surface area contributed by atoms with Crippen LogP contribution >= 0.6 is 0 Å². The summed E-state index contributed by atoms with van der Waals surface area (Å²) in [4.78, 5) is 24.7. The third-order valence-electron chi connectivity index (χ3n) is 3.13. The summed E-state index contributed by atoms with van der Waals surface area (Å²) in [5, 5.41) is 9.36. The summed E-state index contributed by atoms with van der Waals surface area (Å²) in [6.07, 6.45) is -1.78. The van der Waals surface area contributed by atoms with E-state index in [1.165, 1.54) is 0 Å². The van der Waals surface area contributed by atoms with Gasteiger partial charge in [-0.05, 0) is 34.6 Å². The number of ether oxygens (including phenoxy) is 3. The van der Waals surface area contributed by atoms with Gasteiger partial charge in [-0.15, -0.1) is 0 Å². The number of carboxylic acid groups (broad SMARTS) is 1. The lowest BCUT2D eigenvalue weighted by molar-refractivity contribution is -0.169. The highest BCUT2D eigenvalue weighted by Gasteiger charge is 2.57. The summed E-state index contributed by atoms with van der Waals surface area (Å²) in [7, 11) is 0. The Hall–Kier alpha value is -1.34. The van der Waals surface area contributed by atoms with Crippen molar-refractivity contribution in [3.05, 3.63) is 0 Å². The van der Waals surface area contributed by atoms with E-state index >= 15 is 0 Å². The molecule has 7 heteroatoms. The molecule has 1 amide bonds. The minimum Gasteiger partial charge on any atom is -0.480 e. The van der Waals surface area contributed by atoms with Crippen molar-refractivity contribution in [2.24, 2.45) is 0 Å². The SMILES string of the molecule is CC(C)(C)OC(=O)N1C[C@@H]2OC(C)(C)O[C@@H]2[C@H]1C(=O)O. The molecule has 0 spiro atoms. The zero-order valence-corrected chi connectivity index (χ0v) is 12.4. The molecule has 2 saturated heterocycles. The van der Waals surface area contributed by atoms with E-state index in [1.807, 2.05) is 0 Å². The summed E-state index contributed by atoms with van der Waals surface area (Å²) in [5.41, 5.74) is -0.682. The van der Waals surface area contributed by atoms with Crippen molar-refractivity contribution in [2.45, 2.75) is 64.3 Å². The number of hydrogen-bond acceptors (Lipinski definition) is 5. The Bertz CT molecular complexity index is 427. The maximum absolute atomic E-state index is 12.1. The number of aliphatic carboxylic acids is 1. The Balaban J connectivity index is 2.16. The van der Waals surface area contributed by atoms with Crippen LogP contribution in [0.1, 0.15) is 34.6 Å². The van der Waals surface area contributed by atoms with E-state index in [4.69, 9.17) is 14.2 Å². The number of hydrogen-bond donors (Lipinski definition) is 1. The standard InChI is InChI=1S/C13H21NO6/c1-12(2,3)20-11(17)14-6-7-9(8(14)10(15)16)19-13(4,5)18-7/h7-9H,6H2,1-5H3,(H,15,16)/t7-,8-,9-/m0/s1. The van der Waals surface area contributed by atoms with E-state index in [1.54, 1.807) is 34.6 Å². The van der Waals surface area contributed by atoms with Crippen molar-refractivity contribution >= 4 is 12.1 Å². The van der Waals surface area contributed by atoms with Crippen LogP contribution in [0, 0.1) is 0 Å². The molecule has 2 rings (SSSR count). The van der Waals surface area contributed by atoms with Gasteiger partial charge in [-0.1, -0.05) is 0 Å². The first kappa shape index (κ1) is 15.1. The van der Waals surface area contributed by atoms with Crippen molar-refractivity contribution < 1.29 is 28.9 Å². The van der Waals surface area contributed by atoms with Gasteiger partial charge >= 0.3 is 12.1 Å². The number of carboxylic acids is 1. The Morgan fingerprint density at radius 3 is 2.40 bits per heavy atom. The van der Waals surface area contributed by atoms with E-state index in [9.17, 15) is 14.7 Å². The minimum atomic E-state index is -1.12. The van der Waals surface area contributed by atoms with Crippen LogP contribution in [0.25, 0.3) is 0 Å². The average Bonchev–Trinajstić information content (AvgIpc) is 2.65. The maximum atomic E-state index is 12.1. The predicted molar refractivity (Wildman–Crippen MR) is 68.2 cm³/mol. The highest BCUT2D eigenvalue weighted by atomic mass is 16.8. The van der Waals surface area contributed by atoms with Gasteiger partial charge < -0.3 is 19.3 Å². The van der Waals surface area contributed by atoms with Gasteiger partial charge in [-0.3, -0.25) is 4.90 Å². The number of rotatable bonds is 1. The number of likely N-dealkylation sites (tertiary alicyclic amines) is 1. The normalized spacial score (nSPS) is 32.0. The fourth-order valence-electron chi connectivity index (χ4n) is 2.54. The van der Waals surface area contributed by atoms with E-state index in [-0.39, 0.29) is 6.54 Å². The second-order valence-electron chi connectivity index (χ2n) is 6.55. The molecule has 0 bridgehead atoms. The van der Waals surface area contributed by atoms with Gasteiger partial charge in [-0.25, -0.2) is 9.59 Å². The van der Waals surface area contributed by atoms with Crippen LogP contribution < -0.4 is 0 Å². The summed E-state index contributed by atoms with van der Waals surface area (Å²) < 4.78 is 16.5. The Morgan fingerprint density at radius 2 is 1.90 bits per heavy atom. The third-order valence-corrected chi connectivity index (χ3v) is 3.13. The molecule has 1 N–H and O–H groups in total. The largest absolute Gasteiger partial charge is 0.480 e. The lowest BCUT2D eigenvalue weighted by Gasteiger charge is -2.29. The molecule has 0 aromatic carbocycles. The third kappa shape index (κ3) is 2.88. The summed E-state index contributed by atoms with van der Waals surface area (Å²) in [6, 6.07) is -1.09. The van der Waals surface area contributed by atoms with Crippen molar-refractivity contribution in [3.8, 4) is 0 Å². The highest BCUT2D eigenvalue weighted by molar-refractivity contribution is 5.82. The first-order valence-corrected chi connectivity index (χ1v) is 6.58. The van der Waals surface area contributed by atoms with Crippen LogP contribution in [0.3, 0.4) is 0 Å². The maximum Gasteiger partial charge on any atom is 0.411 e. The molecule has 2 fully saturated rings. The van der Waals surface area contributed by atoms with Crippen LogP contribution in [0.5, 0.6) is 0 Å². The van der Waals surface area contributed by atoms with Crippen molar-refractivity contribution in [3.63, 3.8) is 0 Å². The van der Waals surface area contributed by atoms with Gasteiger partial charge in [0.1, 0.15) is 17.8 Å². The molecular formula is C13H21NO6. The second-order valence-corrected chi connectivity index (χ2v) is 6.55. The predicted octanol–water partition coefficient (Wildman–Crippen LogP) is 1.21. The van der Waals surface area contributed by atoms with Crippen molar-refractivity contribution in [2.75, 3.05) is 6.54 Å². The number of fused-ring (bicyclic) bond motifs is 1. The number of carbonyl (C=O) groups excluding carboxylic acids is 1. The van der Waals surface area contributed by atoms with E-state index < -0.39 is 41.7 Å². The summed E-state index contributed by atoms with van der Waals surface area (Å²) in [6.45, 7) is 8.79. The lowest BCUT2D eigenvalue weighted by atomic mass is 10.1. The van der Waals surface area contributed by atoms with Crippen LogP contribution in [0.2, 0.25) is 0 Å².